The van der Waals surface area contributed by atoms with Crippen molar-refractivity contribution >= 4 is 34.0 Å². The molecule has 1 aromatic heterocycles. The average molecular weight is 393 g/mol. The summed E-state index contributed by atoms with van der Waals surface area (Å²) in [4.78, 5) is 4.25. The summed E-state index contributed by atoms with van der Waals surface area (Å²) in [5, 5.41) is 11.3. The second-order valence-corrected chi connectivity index (χ2v) is 4.87. The number of benzene rings is 1. The van der Waals surface area contributed by atoms with E-state index >= 15 is 0 Å². The van der Waals surface area contributed by atoms with Crippen molar-refractivity contribution in [3.63, 3.8) is 0 Å². The summed E-state index contributed by atoms with van der Waals surface area (Å²) in [5.41, 5.74) is 6.54. The molecule has 0 saturated carbocycles. The molecule has 0 bridgehead atoms. The van der Waals surface area contributed by atoms with E-state index in [-0.39, 0.29) is 0 Å². The summed E-state index contributed by atoms with van der Waals surface area (Å²) in [5.74, 6) is 0. The summed E-state index contributed by atoms with van der Waals surface area (Å²) in [6.45, 7) is 0.819. The van der Waals surface area contributed by atoms with Crippen LogP contribution in [-0.2, 0) is 6.54 Å². The first kappa shape index (κ1) is 15.6. The van der Waals surface area contributed by atoms with Gasteiger partial charge in [0.05, 0.1) is 11.4 Å². The Hall–Kier alpha value is -1.80. The highest BCUT2D eigenvalue weighted by Crippen LogP contribution is 2.16. The van der Waals surface area contributed by atoms with Gasteiger partial charge < -0.3 is 5.32 Å². The van der Waals surface area contributed by atoms with Crippen molar-refractivity contribution in [2.45, 2.75) is 6.54 Å². The van der Waals surface area contributed by atoms with Crippen LogP contribution in [0.25, 0.3) is 5.70 Å². The lowest BCUT2D eigenvalue weighted by Crippen LogP contribution is -2.04. The van der Waals surface area contributed by atoms with Crippen LogP contribution in [0.2, 0.25) is 0 Å². The number of anilines is 1. The van der Waals surface area contributed by atoms with Gasteiger partial charge in [0.1, 0.15) is 5.70 Å². The van der Waals surface area contributed by atoms with Crippen molar-refractivity contribution in [2.75, 3.05) is 12.5 Å². The minimum absolute atomic E-state index is 0.718. The van der Waals surface area contributed by atoms with E-state index in [0.717, 1.165) is 23.6 Å². The van der Waals surface area contributed by atoms with E-state index in [4.69, 9.17) is 0 Å². The van der Waals surface area contributed by atoms with E-state index in [0.29, 0.717) is 0 Å². The molecule has 21 heavy (non-hydrogen) atoms. The molecule has 2 aromatic rings. The van der Waals surface area contributed by atoms with Gasteiger partial charge in [0.25, 0.3) is 0 Å². The first-order valence-electron chi connectivity index (χ1n) is 6.45. The SMILES string of the molecule is CNCc1cccc(NN=N/C(=C\I)c2ccccn2)c1. The van der Waals surface area contributed by atoms with Crippen molar-refractivity contribution in [3.8, 4) is 0 Å². The molecule has 2 N–H and O–H groups in total. The molecular weight excluding hydrogens is 377 g/mol. The monoisotopic (exact) mass is 393 g/mol. The lowest BCUT2D eigenvalue weighted by atomic mass is 10.2. The van der Waals surface area contributed by atoms with Gasteiger partial charge in [-0.15, -0.1) is 5.11 Å². The number of halogens is 1. The molecule has 0 spiro atoms. The third kappa shape index (κ3) is 4.91. The number of rotatable bonds is 6. The molecule has 0 aliphatic heterocycles. The van der Waals surface area contributed by atoms with Crippen molar-refractivity contribution < 1.29 is 0 Å². The molecule has 6 heteroatoms. The van der Waals surface area contributed by atoms with Gasteiger partial charge in [-0.2, -0.15) is 0 Å². The van der Waals surface area contributed by atoms with Gasteiger partial charge in [-0.25, -0.2) is 0 Å². The fraction of sp³-hybridized carbons (Fsp3) is 0.133. The molecule has 0 aliphatic carbocycles. The zero-order valence-electron chi connectivity index (χ0n) is 11.6. The Labute approximate surface area is 137 Å². The number of nitrogens with one attached hydrogen (secondary N) is 2. The number of aromatic nitrogens is 1. The molecule has 1 aromatic carbocycles. The Morgan fingerprint density at radius 1 is 1.29 bits per heavy atom. The topological polar surface area (TPSA) is 61.7 Å². The van der Waals surface area contributed by atoms with E-state index < -0.39 is 0 Å². The van der Waals surface area contributed by atoms with Crippen LogP contribution >= 0.6 is 22.6 Å². The van der Waals surface area contributed by atoms with Gasteiger partial charge in [-0.1, -0.05) is 46.0 Å². The van der Waals surface area contributed by atoms with Crippen LogP contribution in [0.4, 0.5) is 5.69 Å². The minimum atomic E-state index is 0.718. The van der Waals surface area contributed by atoms with Gasteiger partial charge in [0.2, 0.25) is 0 Å². The molecule has 5 nitrogen and oxygen atoms in total. The molecule has 0 atom stereocenters. The smallest absolute Gasteiger partial charge is 0.119 e. The second-order valence-electron chi connectivity index (χ2n) is 4.25. The largest absolute Gasteiger partial charge is 0.316 e. The fourth-order valence-electron chi connectivity index (χ4n) is 1.73. The van der Waals surface area contributed by atoms with Crippen LogP contribution in [0.15, 0.2) is 63.1 Å². The maximum absolute atomic E-state index is 4.25. The first-order chi connectivity index (χ1) is 10.3. The highest BCUT2D eigenvalue weighted by atomic mass is 127. The fourth-order valence-corrected chi connectivity index (χ4v) is 2.18. The molecule has 0 radical (unpaired) electrons. The molecule has 1 heterocycles. The summed E-state index contributed by atoms with van der Waals surface area (Å²) < 4.78 is 1.85. The average Bonchev–Trinajstić information content (AvgIpc) is 2.53. The van der Waals surface area contributed by atoms with E-state index in [2.05, 4.69) is 54.7 Å². The summed E-state index contributed by atoms with van der Waals surface area (Å²) >= 11 is 2.13. The second kappa shape index (κ2) is 8.48. The number of pyridine rings is 1. The predicted molar refractivity (Wildman–Crippen MR) is 93.9 cm³/mol. The summed E-state index contributed by atoms with van der Waals surface area (Å²) in [7, 11) is 1.92. The third-order valence-electron chi connectivity index (χ3n) is 2.68. The molecule has 2 rings (SSSR count). The van der Waals surface area contributed by atoms with E-state index in [1.165, 1.54) is 5.56 Å². The van der Waals surface area contributed by atoms with Gasteiger partial charge in [0, 0.05) is 16.8 Å². The normalized spacial score (nSPS) is 11.8. The lowest BCUT2D eigenvalue weighted by molar-refractivity contribution is 0.818. The van der Waals surface area contributed by atoms with Crippen LogP contribution in [0, 0.1) is 0 Å². The highest BCUT2D eigenvalue weighted by Gasteiger charge is 1.99. The number of hydrogen-bond donors (Lipinski definition) is 2. The predicted octanol–water partition coefficient (Wildman–Crippen LogP) is 4.01. The molecule has 0 saturated heterocycles. The number of nitrogens with zero attached hydrogens (tertiary/aromatic N) is 3. The Bertz CT molecular complexity index is 625. The Kier molecular flexibility index (Phi) is 6.29. The zero-order valence-corrected chi connectivity index (χ0v) is 13.8. The summed E-state index contributed by atoms with van der Waals surface area (Å²) in [6.07, 6.45) is 1.74. The van der Waals surface area contributed by atoms with Crippen molar-refractivity contribution in [1.29, 1.82) is 0 Å². The maximum atomic E-state index is 4.25. The van der Waals surface area contributed by atoms with Crippen LogP contribution < -0.4 is 10.7 Å². The van der Waals surface area contributed by atoms with Crippen LogP contribution in [0.3, 0.4) is 0 Å². The van der Waals surface area contributed by atoms with E-state index in [1.807, 2.05) is 47.5 Å². The minimum Gasteiger partial charge on any atom is -0.316 e. The van der Waals surface area contributed by atoms with Gasteiger partial charge in [0.15, 0.2) is 0 Å². The lowest BCUT2D eigenvalue weighted by Gasteiger charge is -2.03. The zero-order chi connectivity index (χ0) is 14.9. The molecular formula is C15H16IN5. The third-order valence-corrected chi connectivity index (χ3v) is 3.27. The first-order valence-corrected chi connectivity index (χ1v) is 7.70. The van der Waals surface area contributed by atoms with Gasteiger partial charge in [-0.05, 0) is 36.9 Å². The molecule has 0 fully saturated rings. The van der Waals surface area contributed by atoms with Crippen LogP contribution in [0.1, 0.15) is 11.3 Å². The quantitative estimate of drug-likeness (QED) is 0.443. The Balaban J connectivity index is 2.03. The Morgan fingerprint density at radius 2 is 2.19 bits per heavy atom. The van der Waals surface area contributed by atoms with Gasteiger partial charge in [-0.3, -0.25) is 10.4 Å². The van der Waals surface area contributed by atoms with Crippen LogP contribution in [-0.4, -0.2) is 12.0 Å². The van der Waals surface area contributed by atoms with Crippen LogP contribution in [0.5, 0.6) is 0 Å². The van der Waals surface area contributed by atoms with Gasteiger partial charge >= 0.3 is 0 Å². The molecule has 0 amide bonds. The maximum Gasteiger partial charge on any atom is 0.119 e. The standard InChI is InChI=1S/C15H16IN5/c1-17-11-12-5-4-6-13(9-12)19-21-20-15(10-16)14-7-2-3-8-18-14/h2-10,17H,11H2,1H3,(H,19,20)/b15-10-. The highest BCUT2D eigenvalue weighted by molar-refractivity contribution is 14.1. The van der Waals surface area contributed by atoms with E-state index in [1.54, 1.807) is 6.20 Å². The molecule has 108 valence electrons. The molecule has 0 aliphatic rings. The number of hydrogen-bond acceptors (Lipinski definition) is 4. The van der Waals surface area contributed by atoms with Crippen molar-refractivity contribution in [1.82, 2.24) is 10.3 Å². The van der Waals surface area contributed by atoms with Crippen molar-refractivity contribution in [2.24, 2.45) is 10.3 Å². The Morgan fingerprint density at radius 3 is 2.90 bits per heavy atom. The van der Waals surface area contributed by atoms with Crippen molar-refractivity contribution in [3.05, 3.63) is 64.0 Å². The summed E-state index contributed by atoms with van der Waals surface area (Å²) in [6, 6.07) is 13.7. The van der Waals surface area contributed by atoms with E-state index in [9.17, 15) is 0 Å². The molecule has 0 unspecified atom stereocenters.